The highest BCUT2D eigenvalue weighted by atomic mass is 16.4. The van der Waals surface area contributed by atoms with Gasteiger partial charge in [0.2, 0.25) is 0 Å². The van der Waals surface area contributed by atoms with E-state index in [9.17, 15) is 14.4 Å². The van der Waals surface area contributed by atoms with Gasteiger partial charge >= 0.3 is 11.7 Å². The first kappa shape index (κ1) is 17.5. The van der Waals surface area contributed by atoms with Gasteiger partial charge in [-0.2, -0.15) is 0 Å². The number of rotatable bonds is 2. The molecule has 29 heavy (non-hydrogen) atoms. The van der Waals surface area contributed by atoms with Gasteiger partial charge in [-0.3, -0.25) is 4.79 Å². The molecular formula is C22H19N3O4. The van der Waals surface area contributed by atoms with Crippen LogP contribution in [0.25, 0.3) is 22.1 Å². The van der Waals surface area contributed by atoms with Crippen LogP contribution in [0.1, 0.15) is 10.4 Å². The Bertz CT molecular complexity index is 1210. The number of hydrogen-bond acceptors (Lipinski definition) is 4. The zero-order chi connectivity index (χ0) is 20.2. The molecular weight excluding hydrogens is 370 g/mol. The van der Waals surface area contributed by atoms with E-state index < -0.39 is 5.63 Å². The number of nitrogens with zero attached hydrogens (tertiary/aromatic N) is 2. The van der Waals surface area contributed by atoms with Crippen molar-refractivity contribution in [2.24, 2.45) is 0 Å². The van der Waals surface area contributed by atoms with Gasteiger partial charge in [-0.15, -0.1) is 0 Å². The molecule has 7 nitrogen and oxygen atoms in total. The van der Waals surface area contributed by atoms with Crippen molar-refractivity contribution in [3.63, 3.8) is 0 Å². The maximum atomic E-state index is 12.9. The molecule has 0 saturated carbocycles. The van der Waals surface area contributed by atoms with Crippen LogP contribution in [0, 0.1) is 0 Å². The van der Waals surface area contributed by atoms with Crippen LogP contribution in [0.5, 0.6) is 0 Å². The molecule has 1 aromatic heterocycles. The number of benzene rings is 2. The summed E-state index contributed by atoms with van der Waals surface area (Å²) in [5.41, 5.74) is 1.34. The zero-order valence-electron chi connectivity index (χ0n) is 15.8. The van der Waals surface area contributed by atoms with Crippen LogP contribution in [-0.4, -0.2) is 54.0 Å². The van der Waals surface area contributed by atoms with Crippen LogP contribution >= 0.6 is 0 Å². The van der Waals surface area contributed by atoms with Crippen molar-refractivity contribution in [2.75, 3.05) is 26.7 Å². The highest BCUT2D eigenvalue weighted by molar-refractivity contribution is 5.97. The van der Waals surface area contributed by atoms with Crippen LogP contribution in [-0.2, 0) is 0 Å². The van der Waals surface area contributed by atoms with E-state index >= 15 is 0 Å². The fourth-order valence-corrected chi connectivity index (χ4v) is 4.09. The molecule has 2 saturated heterocycles. The van der Waals surface area contributed by atoms with Gasteiger partial charge in [-0.25, -0.2) is 9.59 Å². The number of carbonyl (C=O) groups excluding carboxylic acids is 2. The van der Waals surface area contributed by atoms with Crippen LogP contribution in [0.4, 0.5) is 4.79 Å². The van der Waals surface area contributed by atoms with Gasteiger partial charge in [0.1, 0.15) is 5.58 Å². The normalized spacial score (nSPS) is 17.5. The number of urea groups is 1. The molecule has 3 heterocycles. The van der Waals surface area contributed by atoms with Crippen LogP contribution in [0.15, 0.2) is 63.8 Å². The molecule has 3 aromatic rings. The van der Waals surface area contributed by atoms with E-state index in [1.807, 2.05) is 18.2 Å². The fourth-order valence-electron chi connectivity index (χ4n) is 4.09. The second kappa shape index (κ2) is 6.20. The molecule has 2 fully saturated rings. The Kier molecular flexibility index (Phi) is 3.74. The molecule has 1 N–H and O–H groups in total. The monoisotopic (exact) mass is 389 g/mol. The molecule has 5 rings (SSSR count). The SMILES string of the molecule is CN1C(=O)NCC12CN(C(=O)c1cccc(-c3cc4ccccc4oc3=O)c1)C2. The molecule has 146 valence electrons. The first-order chi connectivity index (χ1) is 14.0. The van der Waals surface area contributed by atoms with Gasteiger partial charge in [0.15, 0.2) is 0 Å². The van der Waals surface area contributed by atoms with Crippen molar-refractivity contribution in [3.05, 3.63) is 70.6 Å². The predicted molar refractivity (Wildman–Crippen MR) is 108 cm³/mol. The summed E-state index contributed by atoms with van der Waals surface area (Å²) in [7, 11) is 1.75. The minimum Gasteiger partial charge on any atom is -0.422 e. The Morgan fingerprint density at radius 1 is 1.07 bits per heavy atom. The first-order valence-corrected chi connectivity index (χ1v) is 9.41. The minimum atomic E-state index is -0.437. The summed E-state index contributed by atoms with van der Waals surface area (Å²) in [6, 6.07) is 16.0. The highest BCUT2D eigenvalue weighted by Gasteiger charge is 2.53. The summed E-state index contributed by atoms with van der Waals surface area (Å²) < 4.78 is 5.42. The van der Waals surface area contributed by atoms with Crippen LogP contribution in [0.2, 0.25) is 0 Å². The van der Waals surface area contributed by atoms with Crippen molar-refractivity contribution in [1.82, 2.24) is 15.1 Å². The first-order valence-electron chi connectivity index (χ1n) is 9.41. The van der Waals surface area contributed by atoms with E-state index in [0.717, 1.165) is 5.39 Å². The molecule has 1 spiro atoms. The summed E-state index contributed by atoms with van der Waals surface area (Å²) in [6.45, 7) is 1.52. The average Bonchev–Trinajstić information content (AvgIpc) is 3.01. The molecule has 0 radical (unpaired) electrons. The Hall–Kier alpha value is -3.61. The molecule has 0 bridgehead atoms. The van der Waals surface area contributed by atoms with Crippen LogP contribution < -0.4 is 10.9 Å². The van der Waals surface area contributed by atoms with Crippen molar-refractivity contribution in [1.29, 1.82) is 0 Å². The van der Waals surface area contributed by atoms with Gasteiger partial charge in [0, 0.05) is 37.6 Å². The summed E-state index contributed by atoms with van der Waals surface area (Å²) in [4.78, 5) is 40.5. The van der Waals surface area contributed by atoms with Gasteiger partial charge < -0.3 is 19.5 Å². The Morgan fingerprint density at radius 3 is 2.62 bits per heavy atom. The van der Waals surface area contributed by atoms with E-state index in [2.05, 4.69) is 5.32 Å². The van der Waals surface area contributed by atoms with Gasteiger partial charge in [0.05, 0.1) is 11.1 Å². The standard InChI is InChI=1S/C22H19N3O4/c1-24-21(28)23-11-22(24)12-25(13-22)19(26)16-7-4-6-14(9-16)17-10-15-5-2-3-8-18(15)29-20(17)27/h2-10H,11-13H2,1H3,(H,23,28). The van der Waals surface area contributed by atoms with Crippen LogP contribution in [0.3, 0.4) is 0 Å². The Morgan fingerprint density at radius 2 is 1.86 bits per heavy atom. The van der Waals surface area contributed by atoms with E-state index in [1.54, 1.807) is 53.2 Å². The largest absolute Gasteiger partial charge is 0.422 e. The van der Waals surface area contributed by atoms with Crippen molar-refractivity contribution < 1.29 is 14.0 Å². The summed E-state index contributed by atoms with van der Waals surface area (Å²) in [5, 5.41) is 3.64. The number of likely N-dealkylation sites (tertiary alicyclic amines) is 1. The van der Waals surface area contributed by atoms with E-state index in [1.165, 1.54) is 0 Å². The fraction of sp³-hybridized carbons (Fsp3) is 0.227. The van der Waals surface area contributed by atoms with Crippen molar-refractivity contribution in [2.45, 2.75) is 5.54 Å². The number of fused-ring (bicyclic) bond motifs is 1. The lowest BCUT2D eigenvalue weighted by Crippen LogP contribution is -2.70. The maximum absolute atomic E-state index is 12.9. The lowest BCUT2D eigenvalue weighted by Gasteiger charge is -2.50. The number of nitrogens with one attached hydrogen (secondary N) is 1. The zero-order valence-corrected chi connectivity index (χ0v) is 15.8. The molecule has 2 aliphatic heterocycles. The third kappa shape index (κ3) is 2.69. The highest BCUT2D eigenvalue weighted by Crippen LogP contribution is 2.31. The maximum Gasteiger partial charge on any atom is 0.344 e. The summed E-state index contributed by atoms with van der Waals surface area (Å²) >= 11 is 0. The quantitative estimate of drug-likeness (QED) is 0.682. The number of amides is 3. The van der Waals surface area contributed by atoms with E-state index in [0.29, 0.717) is 41.9 Å². The molecule has 2 aliphatic rings. The van der Waals surface area contributed by atoms with Gasteiger partial charge in [0.25, 0.3) is 5.91 Å². The Labute approximate surface area is 166 Å². The topological polar surface area (TPSA) is 82.9 Å². The van der Waals surface area contributed by atoms with Gasteiger partial charge in [-0.05, 0) is 29.8 Å². The smallest absolute Gasteiger partial charge is 0.344 e. The van der Waals surface area contributed by atoms with Gasteiger partial charge in [-0.1, -0.05) is 30.3 Å². The molecule has 2 aromatic carbocycles. The number of hydrogen-bond donors (Lipinski definition) is 1. The van der Waals surface area contributed by atoms with Crippen molar-refractivity contribution >= 4 is 22.9 Å². The lowest BCUT2D eigenvalue weighted by atomic mass is 9.88. The second-order valence-corrected chi connectivity index (χ2v) is 7.67. The average molecular weight is 389 g/mol. The summed E-state index contributed by atoms with van der Waals surface area (Å²) in [5.74, 6) is -0.115. The molecule has 7 heteroatoms. The molecule has 0 unspecified atom stereocenters. The Balaban J connectivity index is 1.42. The third-order valence-electron chi connectivity index (χ3n) is 5.90. The number of para-hydroxylation sites is 1. The number of carbonyl (C=O) groups is 2. The second-order valence-electron chi connectivity index (χ2n) is 7.67. The van der Waals surface area contributed by atoms with E-state index in [-0.39, 0.29) is 17.5 Å². The summed E-state index contributed by atoms with van der Waals surface area (Å²) in [6.07, 6.45) is 0. The molecule has 0 aliphatic carbocycles. The van der Waals surface area contributed by atoms with Crippen molar-refractivity contribution in [3.8, 4) is 11.1 Å². The van der Waals surface area contributed by atoms with E-state index in [4.69, 9.17) is 4.42 Å². The predicted octanol–water partition coefficient (Wildman–Crippen LogP) is 2.31. The molecule has 0 atom stereocenters. The minimum absolute atomic E-state index is 0.109. The molecule has 3 amide bonds. The third-order valence-corrected chi connectivity index (χ3v) is 5.90. The number of likely N-dealkylation sites (N-methyl/N-ethyl adjacent to an activating group) is 1. The lowest BCUT2D eigenvalue weighted by molar-refractivity contribution is 0.00777.